The van der Waals surface area contributed by atoms with Crippen molar-refractivity contribution in [2.75, 3.05) is 18.0 Å². The van der Waals surface area contributed by atoms with Crippen LogP contribution in [0.3, 0.4) is 0 Å². The molecule has 0 amide bonds. The van der Waals surface area contributed by atoms with E-state index < -0.39 is 5.97 Å². The van der Waals surface area contributed by atoms with Crippen LogP contribution in [0, 0.1) is 13.8 Å². The van der Waals surface area contributed by atoms with Crippen LogP contribution >= 0.6 is 11.8 Å². The van der Waals surface area contributed by atoms with Crippen molar-refractivity contribution in [3.63, 3.8) is 0 Å². The number of rotatable bonds is 5. The first-order valence-electron chi connectivity index (χ1n) is 7.81. The van der Waals surface area contributed by atoms with Gasteiger partial charge in [-0.3, -0.25) is 0 Å². The molecule has 1 aliphatic rings. The van der Waals surface area contributed by atoms with Gasteiger partial charge >= 0.3 is 5.97 Å². The van der Waals surface area contributed by atoms with Crippen molar-refractivity contribution in [3.05, 3.63) is 40.1 Å². The minimum absolute atomic E-state index is 0.149. The molecule has 0 unspecified atom stereocenters. The number of nitrogens with zero attached hydrogens (tertiary/aromatic N) is 3. The second-order valence-corrected chi connectivity index (χ2v) is 6.73. The maximum Gasteiger partial charge on any atom is 0.342 e. The predicted molar refractivity (Wildman–Crippen MR) is 93.1 cm³/mol. The zero-order valence-electron chi connectivity index (χ0n) is 13.7. The van der Waals surface area contributed by atoms with E-state index in [2.05, 4.69) is 21.2 Å². The number of aliphatic carboxylic acids is 1. The molecule has 0 atom stereocenters. The lowest BCUT2D eigenvalue weighted by atomic mass is 10.1. The fraction of sp³-hybridized carbons (Fsp3) is 0.353. The average Bonchev–Trinajstić information content (AvgIpc) is 3.20. The van der Waals surface area contributed by atoms with E-state index in [4.69, 9.17) is 4.42 Å². The lowest BCUT2D eigenvalue weighted by molar-refractivity contribution is -0.131. The molecule has 0 saturated carbocycles. The number of carboxylic acids is 1. The molecule has 7 heteroatoms. The summed E-state index contributed by atoms with van der Waals surface area (Å²) in [5.74, 6) is -0.604. The van der Waals surface area contributed by atoms with Gasteiger partial charge in [-0.05, 0) is 60.9 Å². The Morgan fingerprint density at radius 3 is 2.62 bits per heavy atom. The van der Waals surface area contributed by atoms with Crippen molar-refractivity contribution >= 4 is 29.5 Å². The number of aryl methyl sites for hydroxylation is 2. The molecule has 3 rings (SSSR count). The van der Waals surface area contributed by atoms with E-state index in [1.54, 1.807) is 13.0 Å². The van der Waals surface area contributed by atoms with Gasteiger partial charge in [-0.15, -0.1) is 10.2 Å². The fourth-order valence-corrected chi connectivity index (χ4v) is 3.39. The third kappa shape index (κ3) is 3.79. The molecule has 0 bridgehead atoms. The van der Waals surface area contributed by atoms with Gasteiger partial charge in [0, 0.05) is 25.7 Å². The number of carboxylic acid groups (broad SMARTS) is 1. The van der Waals surface area contributed by atoms with Gasteiger partial charge in [-0.1, -0.05) is 6.07 Å². The summed E-state index contributed by atoms with van der Waals surface area (Å²) >= 11 is 0.962. The van der Waals surface area contributed by atoms with Gasteiger partial charge in [-0.2, -0.15) is 0 Å². The minimum atomic E-state index is -1.01. The van der Waals surface area contributed by atoms with Gasteiger partial charge in [0.05, 0.1) is 0 Å². The Labute approximate surface area is 144 Å². The summed E-state index contributed by atoms with van der Waals surface area (Å²) in [4.78, 5) is 14.0. The van der Waals surface area contributed by atoms with Crippen LogP contribution < -0.4 is 4.90 Å². The molecule has 126 valence electrons. The molecule has 1 fully saturated rings. The minimum Gasteiger partial charge on any atom is -0.477 e. The molecule has 0 aliphatic carbocycles. The standard InChI is InChI=1S/C17H19N3O3S/c1-11-9-14(20-7-3-4-8-20)6-5-13(11)10-15(16(21)22)24-17-19-18-12(2)23-17/h5-6,9-10H,3-4,7-8H2,1-2H3,(H,21,22)/b15-10+. The van der Waals surface area contributed by atoms with Gasteiger partial charge in [0.15, 0.2) is 0 Å². The maximum atomic E-state index is 11.5. The topological polar surface area (TPSA) is 79.5 Å². The molecule has 1 aromatic carbocycles. The quantitative estimate of drug-likeness (QED) is 0.656. The molecule has 0 radical (unpaired) electrons. The van der Waals surface area contributed by atoms with Crippen LogP contribution in [0.1, 0.15) is 29.9 Å². The number of hydrogen-bond donors (Lipinski definition) is 1. The first-order chi connectivity index (χ1) is 11.5. The summed E-state index contributed by atoms with van der Waals surface area (Å²) in [5.41, 5.74) is 3.11. The molecule has 1 aliphatic heterocycles. The van der Waals surface area contributed by atoms with E-state index in [0.717, 1.165) is 36.0 Å². The Balaban J connectivity index is 1.84. The fourth-order valence-electron chi connectivity index (χ4n) is 2.68. The van der Waals surface area contributed by atoms with Crippen molar-refractivity contribution in [1.29, 1.82) is 0 Å². The van der Waals surface area contributed by atoms with Gasteiger partial charge in [0.1, 0.15) is 4.91 Å². The number of anilines is 1. The number of carbonyl (C=O) groups is 1. The first kappa shape index (κ1) is 16.6. The number of hydrogen-bond acceptors (Lipinski definition) is 6. The summed E-state index contributed by atoms with van der Waals surface area (Å²) in [7, 11) is 0. The van der Waals surface area contributed by atoms with Gasteiger partial charge in [-0.25, -0.2) is 4.79 Å². The van der Waals surface area contributed by atoms with Crippen LogP contribution in [0.4, 0.5) is 5.69 Å². The number of aromatic nitrogens is 2. The molecule has 0 spiro atoms. The predicted octanol–water partition coefficient (Wildman–Crippen LogP) is 3.50. The van der Waals surface area contributed by atoms with Crippen LogP contribution in [-0.4, -0.2) is 34.4 Å². The zero-order valence-corrected chi connectivity index (χ0v) is 14.5. The third-order valence-corrected chi connectivity index (χ3v) is 4.78. The summed E-state index contributed by atoms with van der Waals surface area (Å²) in [5, 5.41) is 17.2. The van der Waals surface area contributed by atoms with E-state index in [9.17, 15) is 9.90 Å². The summed E-state index contributed by atoms with van der Waals surface area (Å²) in [6.07, 6.45) is 4.10. The molecule has 2 heterocycles. The summed E-state index contributed by atoms with van der Waals surface area (Å²) < 4.78 is 5.25. The molecular formula is C17H19N3O3S. The van der Waals surface area contributed by atoms with Crippen LogP contribution in [0.5, 0.6) is 0 Å². The number of thioether (sulfide) groups is 1. The lowest BCUT2D eigenvalue weighted by Crippen LogP contribution is -2.17. The third-order valence-electron chi connectivity index (χ3n) is 3.93. The smallest absolute Gasteiger partial charge is 0.342 e. The first-order valence-corrected chi connectivity index (χ1v) is 8.63. The average molecular weight is 345 g/mol. The maximum absolute atomic E-state index is 11.5. The van der Waals surface area contributed by atoms with Crippen molar-refractivity contribution in [1.82, 2.24) is 10.2 Å². The van der Waals surface area contributed by atoms with Crippen molar-refractivity contribution in [2.24, 2.45) is 0 Å². The van der Waals surface area contributed by atoms with Crippen LogP contribution in [-0.2, 0) is 4.79 Å². The van der Waals surface area contributed by atoms with Crippen molar-refractivity contribution < 1.29 is 14.3 Å². The Morgan fingerprint density at radius 2 is 2.04 bits per heavy atom. The summed E-state index contributed by atoms with van der Waals surface area (Å²) in [6, 6.07) is 6.12. The molecule has 24 heavy (non-hydrogen) atoms. The molecule has 6 nitrogen and oxygen atoms in total. The van der Waals surface area contributed by atoms with E-state index in [-0.39, 0.29) is 10.1 Å². The van der Waals surface area contributed by atoms with Crippen LogP contribution in [0.25, 0.3) is 6.08 Å². The normalized spacial score (nSPS) is 15.1. The second kappa shape index (κ2) is 7.09. The second-order valence-electron chi connectivity index (χ2n) is 5.74. The van der Waals surface area contributed by atoms with Crippen molar-refractivity contribution in [3.8, 4) is 0 Å². The summed E-state index contributed by atoms with van der Waals surface area (Å²) in [6.45, 7) is 5.83. The highest BCUT2D eigenvalue weighted by atomic mass is 32.2. The van der Waals surface area contributed by atoms with Crippen molar-refractivity contribution in [2.45, 2.75) is 31.9 Å². The SMILES string of the molecule is Cc1nnc(S/C(=C/c2ccc(N3CCCC3)cc2C)C(=O)O)o1. The van der Waals surface area contributed by atoms with Crippen LogP contribution in [0.15, 0.2) is 32.7 Å². The molecule has 1 N–H and O–H groups in total. The number of benzene rings is 1. The molecule has 2 aromatic rings. The Kier molecular flexibility index (Phi) is 4.89. The lowest BCUT2D eigenvalue weighted by Gasteiger charge is -2.18. The molecule has 1 saturated heterocycles. The highest BCUT2D eigenvalue weighted by Gasteiger charge is 2.16. The molecular weight excluding hydrogens is 326 g/mol. The Hall–Kier alpha value is -2.28. The van der Waals surface area contributed by atoms with Gasteiger partial charge in [0.25, 0.3) is 5.22 Å². The van der Waals surface area contributed by atoms with E-state index in [0.29, 0.717) is 5.89 Å². The molecule has 1 aromatic heterocycles. The largest absolute Gasteiger partial charge is 0.477 e. The van der Waals surface area contributed by atoms with Gasteiger partial charge in [0.2, 0.25) is 5.89 Å². The van der Waals surface area contributed by atoms with E-state index in [1.165, 1.54) is 18.5 Å². The highest BCUT2D eigenvalue weighted by Crippen LogP contribution is 2.29. The van der Waals surface area contributed by atoms with E-state index in [1.807, 2.05) is 19.1 Å². The monoisotopic (exact) mass is 345 g/mol. The Morgan fingerprint density at radius 1 is 1.29 bits per heavy atom. The van der Waals surface area contributed by atoms with Gasteiger partial charge < -0.3 is 14.4 Å². The Bertz CT molecular complexity index is 779. The van der Waals surface area contributed by atoms with Crippen LogP contribution in [0.2, 0.25) is 0 Å². The zero-order chi connectivity index (χ0) is 17.1. The highest BCUT2D eigenvalue weighted by molar-refractivity contribution is 8.03. The van der Waals surface area contributed by atoms with E-state index >= 15 is 0 Å².